The van der Waals surface area contributed by atoms with Gasteiger partial charge >= 0.3 is 0 Å². The van der Waals surface area contributed by atoms with Crippen molar-refractivity contribution >= 4 is 28.2 Å². The van der Waals surface area contributed by atoms with Crippen molar-refractivity contribution in [3.8, 4) is 0 Å². The lowest BCUT2D eigenvalue weighted by Crippen LogP contribution is -2.31. The van der Waals surface area contributed by atoms with Gasteiger partial charge in [0, 0.05) is 13.1 Å². The van der Waals surface area contributed by atoms with Crippen LogP contribution in [0.2, 0.25) is 0 Å². The predicted octanol–water partition coefficient (Wildman–Crippen LogP) is 1.46. The van der Waals surface area contributed by atoms with Crippen molar-refractivity contribution < 1.29 is 4.79 Å². The normalized spacial score (nSPS) is 11.9. The van der Waals surface area contributed by atoms with Crippen LogP contribution in [0.5, 0.6) is 0 Å². The van der Waals surface area contributed by atoms with Crippen LogP contribution in [0.3, 0.4) is 0 Å². The first-order valence-electron chi connectivity index (χ1n) is 4.94. The van der Waals surface area contributed by atoms with E-state index in [4.69, 9.17) is 5.73 Å². The molecule has 0 radical (unpaired) electrons. The van der Waals surface area contributed by atoms with Gasteiger partial charge in [0.15, 0.2) is 5.13 Å². The van der Waals surface area contributed by atoms with Gasteiger partial charge in [0.05, 0.1) is 0 Å². The van der Waals surface area contributed by atoms with E-state index >= 15 is 0 Å². The number of hydrogen-bond donors (Lipinski definition) is 3. The van der Waals surface area contributed by atoms with Crippen LogP contribution in [-0.4, -0.2) is 24.0 Å². The number of nitrogens with two attached hydrogens (primary N) is 1. The Hall–Kier alpha value is -1.56. The number of nitrogens with one attached hydrogen (secondary N) is 2. The fourth-order valence-corrected chi connectivity index (χ4v) is 1.94. The largest absolute Gasteiger partial charge is 0.382 e. The molecule has 0 spiro atoms. The number of aromatic nitrogens is 1. The number of carbonyl (C=O) groups excluding carboxylic acids is 1. The summed E-state index contributed by atoms with van der Waals surface area (Å²) in [5.41, 5.74) is 5.65. The van der Waals surface area contributed by atoms with E-state index in [9.17, 15) is 4.79 Å². The summed E-state index contributed by atoms with van der Waals surface area (Å²) in [6.45, 7) is 5.53. The van der Waals surface area contributed by atoms with Gasteiger partial charge in [-0.2, -0.15) is 0 Å². The van der Waals surface area contributed by atoms with Gasteiger partial charge in [0.25, 0.3) is 5.91 Å². The Balaban J connectivity index is 2.72. The summed E-state index contributed by atoms with van der Waals surface area (Å²) in [5.74, 6) is 0.0727. The molecule has 0 aliphatic heterocycles. The highest BCUT2D eigenvalue weighted by molar-refractivity contribution is 7.18. The molecule has 0 fully saturated rings. The number of thiazole rings is 1. The van der Waals surface area contributed by atoms with Gasteiger partial charge in [0.2, 0.25) is 0 Å². The standard InChI is InChI=1S/C10H16N4OS/c1-4-5-6(2)13-9(15)7-8(11)14-10(12-3)16-7/h4,6H,1,5,11H2,2-3H3,(H,12,14)(H,13,15). The molecule has 0 aliphatic carbocycles. The molecule has 5 nitrogen and oxygen atoms in total. The lowest BCUT2D eigenvalue weighted by molar-refractivity contribution is 0.0945. The zero-order valence-corrected chi connectivity index (χ0v) is 10.2. The van der Waals surface area contributed by atoms with E-state index in [1.807, 2.05) is 6.92 Å². The maximum absolute atomic E-state index is 11.8. The quantitative estimate of drug-likeness (QED) is 0.681. The number of amides is 1. The van der Waals surface area contributed by atoms with Crippen molar-refractivity contribution in [3.05, 3.63) is 17.5 Å². The molecule has 1 atom stereocenters. The van der Waals surface area contributed by atoms with Crippen molar-refractivity contribution in [2.24, 2.45) is 0 Å². The van der Waals surface area contributed by atoms with Gasteiger partial charge in [-0.15, -0.1) is 6.58 Å². The highest BCUT2D eigenvalue weighted by Gasteiger charge is 2.16. The number of nitrogens with zero attached hydrogens (tertiary/aromatic N) is 1. The van der Waals surface area contributed by atoms with E-state index in [1.54, 1.807) is 13.1 Å². The third kappa shape index (κ3) is 2.96. The first kappa shape index (κ1) is 12.5. The number of anilines is 2. The van der Waals surface area contributed by atoms with Crippen LogP contribution in [0.1, 0.15) is 23.0 Å². The fourth-order valence-electron chi connectivity index (χ4n) is 1.20. The van der Waals surface area contributed by atoms with Gasteiger partial charge in [0.1, 0.15) is 10.7 Å². The Morgan fingerprint density at radius 1 is 1.75 bits per heavy atom. The molecule has 1 aromatic heterocycles. The molecule has 6 heteroatoms. The monoisotopic (exact) mass is 240 g/mol. The molecule has 1 unspecified atom stereocenters. The second kappa shape index (κ2) is 5.50. The van der Waals surface area contributed by atoms with Crippen molar-refractivity contribution in [3.63, 3.8) is 0 Å². The molecule has 1 aromatic rings. The fraction of sp³-hybridized carbons (Fsp3) is 0.400. The second-order valence-corrected chi connectivity index (χ2v) is 4.38. The third-order valence-corrected chi connectivity index (χ3v) is 3.06. The predicted molar refractivity (Wildman–Crippen MR) is 67.8 cm³/mol. The lowest BCUT2D eigenvalue weighted by atomic mass is 10.2. The SMILES string of the molecule is C=CCC(C)NC(=O)c1sc(NC)nc1N. The summed E-state index contributed by atoms with van der Waals surface area (Å²) in [4.78, 5) is 16.2. The molecule has 16 heavy (non-hydrogen) atoms. The number of nitrogen functional groups attached to an aromatic ring is 1. The van der Waals surface area contributed by atoms with Gasteiger partial charge in [-0.05, 0) is 13.3 Å². The molecule has 0 saturated heterocycles. The maximum atomic E-state index is 11.8. The summed E-state index contributed by atoms with van der Waals surface area (Å²) >= 11 is 1.24. The molecule has 1 amide bonds. The Labute approximate surface area is 98.8 Å². The molecule has 0 aromatic carbocycles. The molecular weight excluding hydrogens is 224 g/mol. The topological polar surface area (TPSA) is 80.0 Å². The number of rotatable bonds is 5. The van der Waals surface area contributed by atoms with Crippen LogP contribution < -0.4 is 16.4 Å². The van der Waals surface area contributed by atoms with Crippen LogP contribution in [0.4, 0.5) is 10.9 Å². The summed E-state index contributed by atoms with van der Waals surface area (Å²) in [7, 11) is 1.74. The Kier molecular flexibility index (Phi) is 4.30. The lowest BCUT2D eigenvalue weighted by Gasteiger charge is -2.10. The van der Waals surface area contributed by atoms with E-state index in [0.29, 0.717) is 10.0 Å². The summed E-state index contributed by atoms with van der Waals surface area (Å²) in [5, 5.41) is 6.32. The Morgan fingerprint density at radius 3 is 2.94 bits per heavy atom. The maximum Gasteiger partial charge on any atom is 0.265 e. The zero-order chi connectivity index (χ0) is 12.1. The zero-order valence-electron chi connectivity index (χ0n) is 9.41. The van der Waals surface area contributed by atoms with Crippen molar-refractivity contribution in [1.29, 1.82) is 0 Å². The summed E-state index contributed by atoms with van der Waals surface area (Å²) in [6.07, 6.45) is 2.49. The van der Waals surface area contributed by atoms with E-state index in [2.05, 4.69) is 22.2 Å². The number of hydrogen-bond acceptors (Lipinski definition) is 5. The molecule has 0 bridgehead atoms. The van der Waals surface area contributed by atoms with E-state index in [1.165, 1.54) is 11.3 Å². The molecule has 0 saturated carbocycles. The average Bonchev–Trinajstić information content (AvgIpc) is 2.60. The van der Waals surface area contributed by atoms with Gasteiger partial charge in [-0.25, -0.2) is 4.98 Å². The summed E-state index contributed by atoms with van der Waals surface area (Å²) in [6, 6.07) is 0.0459. The Morgan fingerprint density at radius 2 is 2.44 bits per heavy atom. The van der Waals surface area contributed by atoms with Crippen molar-refractivity contribution in [2.45, 2.75) is 19.4 Å². The molecule has 4 N–H and O–H groups in total. The first-order chi connectivity index (χ1) is 7.58. The van der Waals surface area contributed by atoms with Crippen LogP contribution in [-0.2, 0) is 0 Å². The molecular formula is C10H16N4OS. The highest BCUT2D eigenvalue weighted by Crippen LogP contribution is 2.24. The van der Waals surface area contributed by atoms with Crippen LogP contribution >= 0.6 is 11.3 Å². The van der Waals surface area contributed by atoms with Gasteiger partial charge in [-0.3, -0.25) is 4.79 Å². The third-order valence-electron chi connectivity index (χ3n) is 1.97. The molecule has 1 rings (SSSR count). The number of carbonyl (C=O) groups is 1. The highest BCUT2D eigenvalue weighted by atomic mass is 32.1. The smallest absolute Gasteiger partial charge is 0.265 e. The molecule has 88 valence electrons. The van der Waals surface area contributed by atoms with Crippen LogP contribution in [0.15, 0.2) is 12.7 Å². The van der Waals surface area contributed by atoms with Crippen molar-refractivity contribution in [1.82, 2.24) is 10.3 Å². The average molecular weight is 240 g/mol. The van der Waals surface area contributed by atoms with Crippen LogP contribution in [0, 0.1) is 0 Å². The molecule has 1 heterocycles. The second-order valence-electron chi connectivity index (χ2n) is 3.38. The summed E-state index contributed by atoms with van der Waals surface area (Å²) < 4.78 is 0. The van der Waals surface area contributed by atoms with Crippen LogP contribution in [0.25, 0.3) is 0 Å². The minimum absolute atomic E-state index is 0.0459. The Bertz CT molecular complexity index is 388. The first-order valence-corrected chi connectivity index (χ1v) is 5.76. The van der Waals surface area contributed by atoms with Crippen molar-refractivity contribution in [2.75, 3.05) is 18.1 Å². The van der Waals surface area contributed by atoms with E-state index in [0.717, 1.165) is 6.42 Å². The van der Waals surface area contributed by atoms with Gasteiger partial charge in [-0.1, -0.05) is 17.4 Å². The van der Waals surface area contributed by atoms with E-state index in [-0.39, 0.29) is 17.8 Å². The minimum atomic E-state index is -0.189. The minimum Gasteiger partial charge on any atom is -0.382 e. The van der Waals surface area contributed by atoms with Gasteiger partial charge < -0.3 is 16.4 Å². The van der Waals surface area contributed by atoms with E-state index < -0.39 is 0 Å². The molecule has 0 aliphatic rings.